The number of alkyl halides is 3. The first-order valence-electron chi connectivity index (χ1n) is 7.48. The van der Waals surface area contributed by atoms with Crippen molar-refractivity contribution < 1.29 is 33.0 Å². The summed E-state index contributed by atoms with van der Waals surface area (Å²) in [7, 11) is 0. The quantitative estimate of drug-likeness (QED) is 0.548. The molecule has 2 unspecified atom stereocenters. The lowest BCUT2D eigenvalue weighted by atomic mass is 9.99. The van der Waals surface area contributed by atoms with Crippen molar-refractivity contribution >= 4 is 5.91 Å². The maximum absolute atomic E-state index is 13.0. The molecule has 0 aliphatic heterocycles. The van der Waals surface area contributed by atoms with E-state index in [0.717, 1.165) is 10.3 Å². The van der Waals surface area contributed by atoms with Gasteiger partial charge >= 0.3 is 6.43 Å². The SMILES string of the molecule is Cc1ccc(-c2ccc(C(O)C(CF)NC(=O)C(F)F)cc2)c[n+]1O. The number of carbonyl (C=O) groups excluding carboxylic acids is 1. The van der Waals surface area contributed by atoms with Crippen LogP contribution in [0.4, 0.5) is 13.2 Å². The van der Waals surface area contributed by atoms with Gasteiger partial charge in [0.15, 0.2) is 0 Å². The van der Waals surface area contributed by atoms with E-state index < -0.39 is 31.2 Å². The third kappa shape index (κ3) is 4.48. The number of aliphatic hydroxyl groups excluding tert-OH is 1. The number of aliphatic hydroxyl groups is 1. The summed E-state index contributed by atoms with van der Waals surface area (Å²) >= 11 is 0. The predicted octanol–water partition coefficient (Wildman–Crippen LogP) is 1.94. The highest BCUT2D eigenvalue weighted by Gasteiger charge is 2.26. The molecule has 8 heteroatoms. The second-order valence-corrected chi connectivity index (χ2v) is 5.54. The Bertz CT molecular complexity index is 738. The summed E-state index contributed by atoms with van der Waals surface area (Å²) in [5, 5.41) is 21.6. The minimum Gasteiger partial charge on any atom is -0.386 e. The molecule has 0 radical (unpaired) electrons. The van der Waals surface area contributed by atoms with Gasteiger partial charge in [-0.1, -0.05) is 24.3 Å². The molecule has 0 saturated carbocycles. The number of aryl methyl sites for hydroxylation is 1. The van der Waals surface area contributed by atoms with E-state index >= 15 is 0 Å². The maximum Gasteiger partial charge on any atom is 0.315 e. The third-order valence-electron chi connectivity index (χ3n) is 3.79. The van der Waals surface area contributed by atoms with E-state index in [9.17, 15) is 28.3 Å². The number of rotatable bonds is 6. The first-order valence-corrected chi connectivity index (χ1v) is 7.48. The Kier molecular flexibility index (Phi) is 5.97. The van der Waals surface area contributed by atoms with Crippen molar-refractivity contribution in [3.8, 4) is 11.1 Å². The second kappa shape index (κ2) is 7.98. The number of pyridine rings is 1. The molecule has 1 aromatic heterocycles. The predicted molar refractivity (Wildman–Crippen MR) is 82.9 cm³/mol. The fraction of sp³-hybridized carbons (Fsp3) is 0.294. The van der Waals surface area contributed by atoms with Gasteiger partial charge in [-0.25, -0.2) is 4.39 Å². The minimum atomic E-state index is -3.28. The number of aromatic nitrogens is 1. The molecule has 2 rings (SSSR count). The average Bonchev–Trinajstić information content (AvgIpc) is 2.61. The van der Waals surface area contributed by atoms with Crippen LogP contribution in [-0.4, -0.2) is 35.4 Å². The van der Waals surface area contributed by atoms with Crippen LogP contribution in [0.3, 0.4) is 0 Å². The van der Waals surface area contributed by atoms with Gasteiger partial charge in [0.2, 0.25) is 11.9 Å². The van der Waals surface area contributed by atoms with Crippen LogP contribution in [0, 0.1) is 6.92 Å². The van der Waals surface area contributed by atoms with E-state index in [1.807, 2.05) is 0 Å². The lowest BCUT2D eigenvalue weighted by Crippen LogP contribution is -2.43. The van der Waals surface area contributed by atoms with Gasteiger partial charge in [-0.15, -0.1) is 0 Å². The van der Waals surface area contributed by atoms with E-state index in [2.05, 4.69) is 0 Å². The Morgan fingerprint density at radius 3 is 2.28 bits per heavy atom. The van der Waals surface area contributed by atoms with Crippen LogP contribution in [0.25, 0.3) is 11.1 Å². The number of hydrogen-bond acceptors (Lipinski definition) is 3. The van der Waals surface area contributed by atoms with Crippen LogP contribution in [0.2, 0.25) is 0 Å². The highest BCUT2D eigenvalue weighted by Crippen LogP contribution is 2.23. The normalized spacial score (nSPS) is 13.5. The Morgan fingerprint density at radius 1 is 1.16 bits per heavy atom. The van der Waals surface area contributed by atoms with Crippen LogP contribution in [-0.2, 0) is 4.79 Å². The van der Waals surface area contributed by atoms with Crippen molar-refractivity contribution in [2.75, 3.05) is 6.67 Å². The number of nitrogens with zero attached hydrogens (tertiary/aromatic N) is 1. The third-order valence-corrected chi connectivity index (χ3v) is 3.79. The van der Waals surface area contributed by atoms with E-state index in [1.165, 1.54) is 18.3 Å². The molecule has 2 aromatic rings. The summed E-state index contributed by atoms with van der Waals surface area (Å²) < 4.78 is 38.5. The smallest absolute Gasteiger partial charge is 0.315 e. The molecular weight excluding hydrogens is 337 g/mol. The largest absolute Gasteiger partial charge is 0.386 e. The molecule has 25 heavy (non-hydrogen) atoms. The van der Waals surface area contributed by atoms with Gasteiger partial charge in [0, 0.05) is 17.7 Å². The molecular formula is C17H18F3N2O3+. The van der Waals surface area contributed by atoms with Gasteiger partial charge < -0.3 is 10.4 Å². The van der Waals surface area contributed by atoms with Crippen LogP contribution in [0.1, 0.15) is 17.4 Å². The van der Waals surface area contributed by atoms with Crippen molar-refractivity contribution in [1.29, 1.82) is 0 Å². The van der Waals surface area contributed by atoms with Gasteiger partial charge in [0.1, 0.15) is 12.8 Å². The van der Waals surface area contributed by atoms with Crippen molar-refractivity contribution in [2.24, 2.45) is 0 Å². The van der Waals surface area contributed by atoms with E-state index in [-0.39, 0.29) is 5.56 Å². The topological polar surface area (TPSA) is 73.4 Å². The highest BCUT2D eigenvalue weighted by molar-refractivity contribution is 5.79. The Hall–Kier alpha value is -2.61. The fourth-order valence-electron chi connectivity index (χ4n) is 2.29. The number of hydrogen-bond donors (Lipinski definition) is 3. The molecule has 2 atom stereocenters. The number of nitrogens with one attached hydrogen (secondary N) is 1. The highest BCUT2D eigenvalue weighted by atomic mass is 19.3. The molecule has 0 saturated heterocycles. The second-order valence-electron chi connectivity index (χ2n) is 5.54. The monoisotopic (exact) mass is 355 g/mol. The average molecular weight is 355 g/mol. The van der Waals surface area contributed by atoms with Crippen LogP contribution < -0.4 is 10.0 Å². The van der Waals surface area contributed by atoms with Gasteiger partial charge in [-0.2, -0.15) is 8.78 Å². The van der Waals surface area contributed by atoms with E-state index in [0.29, 0.717) is 11.3 Å². The van der Waals surface area contributed by atoms with Crippen molar-refractivity contribution in [3.05, 3.63) is 53.9 Å². The first-order chi connectivity index (χ1) is 11.8. The Labute approximate surface area is 142 Å². The summed E-state index contributed by atoms with van der Waals surface area (Å²) in [5.74, 6) is -1.63. The summed E-state index contributed by atoms with van der Waals surface area (Å²) in [6.45, 7) is 0.540. The van der Waals surface area contributed by atoms with Gasteiger partial charge in [-0.3, -0.25) is 10.0 Å². The Balaban J connectivity index is 2.17. The number of amides is 1. The minimum absolute atomic E-state index is 0.268. The zero-order valence-electron chi connectivity index (χ0n) is 13.4. The fourth-order valence-corrected chi connectivity index (χ4v) is 2.29. The van der Waals surface area contributed by atoms with Crippen LogP contribution >= 0.6 is 0 Å². The van der Waals surface area contributed by atoms with Crippen molar-refractivity contribution in [2.45, 2.75) is 25.5 Å². The maximum atomic E-state index is 13.0. The molecule has 0 aliphatic carbocycles. The lowest BCUT2D eigenvalue weighted by molar-refractivity contribution is -0.908. The molecule has 1 amide bonds. The Morgan fingerprint density at radius 2 is 1.76 bits per heavy atom. The molecule has 5 nitrogen and oxygen atoms in total. The number of halogens is 3. The summed E-state index contributed by atoms with van der Waals surface area (Å²) in [5.41, 5.74) is 2.36. The molecule has 1 heterocycles. The van der Waals surface area contributed by atoms with Crippen LogP contribution in [0.15, 0.2) is 42.6 Å². The van der Waals surface area contributed by atoms with E-state index in [4.69, 9.17) is 0 Å². The summed E-state index contributed by atoms with van der Waals surface area (Å²) in [4.78, 5) is 11.0. The molecule has 134 valence electrons. The zero-order chi connectivity index (χ0) is 18.6. The number of carbonyl (C=O) groups is 1. The van der Waals surface area contributed by atoms with Gasteiger partial charge in [0.05, 0.1) is 11.6 Å². The van der Waals surface area contributed by atoms with Gasteiger partial charge in [-0.05, 0) is 17.2 Å². The molecule has 0 bridgehead atoms. The molecule has 0 fully saturated rings. The van der Waals surface area contributed by atoms with Crippen molar-refractivity contribution in [1.82, 2.24) is 5.32 Å². The summed E-state index contributed by atoms with van der Waals surface area (Å²) in [6.07, 6.45) is -3.24. The first kappa shape index (κ1) is 18.7. The molecule has 0 aliphatic rings. The van der Waals surface area contributed by atoms with E-state index in [1.54, 1.807) is 36.5 Å². The molecule has 3 N–H and O–H groups in total. The summed E-state index contributed by atoms with van der Waals surface area (Å²) in [6, 6.07) is 8.31. The molecule has 1 aromatic carbocycles. The zero-order valence-corrected chi connectivity index (χ0v) is 13.4. The lowest BCUT2D eigenvalue weighted by Gasteiger charge is -2.21. The van der Waals surface area contributed by atoms with Gasteiger partial charge in [0.25, 0.3) is 5.91 Å². The van der Waals surface area contributed by atoms with Crippen molar-refractivity contribution in [3.63, 3.8) is 0 Å². The van der Waals surface area contributed by atoms with Crippen LogP contribution in [0.5, 0.6) is 0 Å². The molecule has 0 spiro atoms. The standard InChI is InChI=1S/C17H17F3N2O3/c1-10-2-3-13(9-22(10)25)11-4-6-12(7-5-11)15(23)14(8-18)21-17(24)16(19)20/h2-7,9,14-16,23H,8H2,1H3,(H-,21,24,25)/p+1. The number of benzene rings is 1.